The SMILES string of the molecule is CCn1nc(N)c(N)c1C.Cl.Cl. The van der Waals surface area contributed by atoms with Gasteiger partial charge in [0.15, 0.2) is 5.82 Å². The average Bonchev–Trinajstić information content (AvgIpc) is 2.17. The Hall–Kier alpha value is -0.610. The predicted octanol–water partition coefficient (Wildman–Crippen LogP) is 1.22. The molecule has 0 saturated heterocycles. The zero-order valence-corrected chi connectivity index (χ0v) is 8.71. The van der Waals surface area contributed by atoms with E-state index in [0.29, 0.717) is 11.5 Å². The van der Waals surface area contributed by atoms with Crippen molar-refractivity contribution in [2.24, 2.45) is 0 Å². The van der Waals surface area contributed by atoms with Crippen molar-refractivity contribution in [1.29, 1.82) is 0 Å². The van der Waals surface area contributed by atoms with Gasteiger partial charge in [-0.2, -0.15) is 5.10 Å². The van der Waals surface area contributed by atoms with Crippen LogP contribution in [-0.4, -0.2) is 9.78 Å². The molecule has 0 radical (unpaired) electrons. The Bertz CT molecular complexity index is 246. The highest BCUT2D eigenvalue weighted by atomic mass is 35.5. The number of halogens is 2. The number of nitrogen functional groups attached to an aromatic ring is 2. The third-order valence-corrected chi connectivity index (χ3v) is 1.58. The van der Waals surface area contributed by atoms with Crippen LogP contribution in [-0.2, 0) is 6.54 Å². The summed E-state index contributed by atoms with van der Waals surface area (Å²) in [6.45, 7) is 4.72. The Morgan fingerprint density at radius 1 is 1.33 bits per heavy atom. The van der Waals surface area contributed by atoms with Crippen molar-refractivity contribution in [2.75, 3.05) is 11.5 Å². The van der Waals surface area contributed by atoms with Crippen molar-refractivity contribution in [3.05, 3.63) is 5.69 Å². The molecule has 0 aliphatic rings. The van der Waals surface area contributed by atoms with Gasteiger partial charge in [-0.3, -0.25) is 4.68 Å². The van der Waals surface area contributed by atoms with Crippen LogP contribution in [0.5, 0.6) is 0 Å². The Morgan fingerprint density at radius 2 is 1.83 bits per heavy atom. The maximum atomic E-state index is 5.57. The van der Waals surface area contributed by atoms with Crippen LogP contribution >= 0.6 is 24.8 Å². The van der Waals surface area contributed by atoms with Crippen molar-refractivity contribution in [2.45, 2.75) is 20.4 Å². The molecule has 4 nitrogen and oxygen atoms in total. The average molecular weight is 213 g/mol. The summed E-state index contributed by atoms with van der Waals surface area (Å²) in [5, 5.41) is 4.00. The van der Waals surface area contributed by atoms with Gasteiger partial charge in [0.05, 0.1) is 11.4 Å². The molecule has 0 unspecified atom stereocenters. The number of hydrogen-bond acceptors (Lipinski definition) is 3. The van der Waals surface area contributed by atoms with Gasteiger partial charge in [-0.15, -0.1) is 24.8 Å². The summed E-state index contributed by atoms with van der Waals surface area (Å²) in [5.74, 6) is 0.430. The molecule has 0 fully saturated rings. The topological polar surface area (TPSA) is 69.9 Å². The standard InChI is InChI=1S/C6H12N4.2ClH/c1-3-10-4(2)5(7)6(8)9-10;;/h3,7H2,1-2H3,(H2,8,9);2*1H. The van der Waals surface area contributed by atoms with Gasteiger partial charge in [0.1, 0.15) is 0 Å². The molecule has 1 rings (SSSR count). The van der Waals surface area contributed by atoms with Crippen molar-refractivity contribution < 1.29 is 0 Å². The second-order valence-electron chi connectivity index (χ2n) is 2.20. The highest BCUT2D eigenvalue weighted by molar-refractivity contribution is 5.85. The lowest BCUT2D eigenvalue weighted by atomic mass is 10.4. The maximum absolute atomic E-state index is 5.57. The maximum Gasteiger partial charge on any atom is 0.168 e. The molecule has 0 aliphatic heterocycles. The van der Waals surface area contributed by atoms with E-state index in [1.165, 1.54) is 0 Å². The summed E-state index contributed by atoms with van der Waals surface area (Å²) in [4.78, 5) is 0. The minimum Gasteiger partial charge on any atom is -0.394 e. The lowest BCUT2D eigenvalue weighted by Crippen LogP contribution is -1.99. The van der Waals surface area contributed by atoms with E-state index in [2.05, 4.69) is 5.10 Å². The molecule has 0 spiro atoms. The normalized spacial score (nSPS) is 8.50. The van der Waals surface area contributed by atoms with Crippen LogP contribution in [0, 0.1) is 6.92 Å². The van der Waals surface area contributed by atoms with Crippen LogP contribution in [0.1, 0.15) is 12.6 Å². The second kappa shape index (κ2) is 5.11. The van der Waals surface area contributed by atoms with Gasteiger partial charge in [0.2, 0.25) is 0 Å². The van der Waals surface area contributed by atoms with E-state index in [-0.39, 0.29) is 24.8 Å². The molecule has 6 heteroatoms. The smallest absolute Gasteiger partial charge is 0.168 e. The number of nitrogens with two attached hydrogens (primary N) is 2. The Kier molecular flexibility index (Phi) is 5.94. The molecule has 0 atom stereocenters. The van der Waals surface area contributed by atoms with Crippen molar-refractivity contribution in [3.63, 3.8) is 0 Å². The molecule has 4 N–H and O–H groups in total. The van der Waals surface area contributed by atoms with E-state index in [4.69, 9.17) is 11.5 Å². The lowest BCUT2D eigenvalue weighted by Gasteiger charge is -1.96. The number of aryl methyl sites for hydroxylation is 1. The van der Waals surface area contributed by atoms with Crippen LogP contribution < -0.4 is 11.5 Å². The van der Waals surface area contributed by atoms with E-state index < -0.39 is 0 Å². The van der Waals surface area contributed by atoms with E-state index in [1.54, 1.807) is 4.68 Å². The first-order valence-corrected chi connectivity index (χ1v) is 3.25. The molecule has 72 valence electrons. The fraction of sp³-hybridized carbons (Fsp3) is 0.500. The quantitative estimate of drug-likeness (QED) is 0.736. The van der Waals surface area contributed by atoms with Crippen LogP contribution in [0.3, 0.4) is 0 Å². The highest BCUT2D eigenvalue weighted by Gasteiger charge is 2.05. The zero-order chi connectivity index (χ0) is 7.72. The molecule has 1 aromatic rings. The number of hydrogen-bond donors (Lipinski definition) is 2. The molecule has 0 aliphatic carbocycles. The highest BCUT2D eigenvalue weighted by Crippen LogP contribution is 2.16. The lowest BCUT2D eigenvalue weighted by molar-refractivity contribution is 0.643. The monoisotopic (exact) mass is 212 g/mol. The zero-order valence-electron chi connectivity index (χ0n) is 7.07. The Labute approximate surface area is 84.1 Å². The summed E-state index contributed by atoms with van der Waals surface area (Å²) in [7, 11) is 0. The first kappa shape index (κ1) is 13.9. The molecular formula is C6H14Cl2N4. The summed E-state index contributed by atoms with van der Waals surface area (Å²) < 4.78 is 1.78. The van der Waals surface area contributed by atoms with E-state index >= 15 is 0 Å². The van der Waals surface area contributed by atoms with Crippen LogP contribution in [0.2, 0.25) is 0 Å². The van der Waals surface area contributed by atoms with Crippen molar-refractivity contribution >= 4 is 36.3 Å². The van der Waals surface area contributed by atoms with Crippen molar-refractivity contribution in [3.8, 4) is 0 Å². The van der Waals surface area contributed by atoms with Crippen LogP contribution in [0.25, 0.3) is 0 Å². The van der Waals surface area contributed by atoms with Gasteiger partial charge < -0.3 is 11.5 Å². The van der Waals surface area contributed by atoms with Gasteiger partial charge >= 0.3 is 0 Å². The molecular weight excluding hydrogens is 199 g/mol. The molecule has 1 heterocycles. The van der Waals surface area contributed by atoms with Gasteiger partial charge in [-0.05, 0) is 13.8 Å². The van der Waals surface area contributed by atoms with Gasteiger partial charge in [0, 0.05) is 6.54 Å². The summed E-state index contributed by atoms with van der Waals surface area (Å²) >= 11 is 0. The van der Waals surface area contributed by atoms with Crippen LogP contribution in [0.4, 0.5) is 11.5 Å². The number of rotatable bonds is 1. The van der Waals surface area contributed by atoms with Crippen LogP contribution in [0.15, 0.2) is 0 Å². The molecule has 1 aromatic heterocycles. The largest absolute Gasteiger partial charge is 0.394 e. The molecule has 0 amide bonds. The summed E-state index contributed by atoms with van der Waals surface area (Å²) in [6.07, 6.45) is 0. The third-order valence-electron chi connectivity index (χ3n) is 1.58. The number of aromatic nitrogens is 2. The number of anilines is 2. The summed E-state index contributed by atoms with van der Waals surface area (Å²) in [5.41, 5.74) is 12.6. The first-order chi connectivity index (χ1) is 4.66. The van der Waals surface area contributed by atoms with Gasteiger partial charge in [-0.1, -0.05) is 0 Å². The molecule has 0 saturated carbocycles. The molecule has 0 bridgehead atoms. The Morgan fingerprint density at radius 3 is 2.00 bits per heavy atom. The number of nitrogens with zero attached hydrogens (tertiary/aromatic N) is 2. The van der Waals surface area contributed by atoms with E-state index in [1.807, 2.05) is 13.8 Å². The Balaban J connectivity index is 0. The minimum atomic E-state index is 0. The predicted molar refractivity (Wildman–Crippen MR) is 56.0 cm³/mol. The first-order valence-electron chi connectivity index (χ1n) is 3.25. The van der Waals surface area contributed by atoms with E-state index in [0.717, 1.165) is 12.2 Å². The molecule has 12 heavy (non-hydrogen) atoms. The fourth-order valence-electron chi connectivity index (χ4n) is 0.891. The van der Waals surface area contributed by atoms with E-state index in [9.17, 15) is 0 Å². The second-order valence-corrected chi connectivity index (χ2v) is 2.20. The third kappa shape index (κ3) is 2.19. The van der Waals surface area contributed by atoms with Crippen molar-refractivity contribution in [1.82, 2.24) is 9.78 Å². The van der Waals surface area contributed by atoms with Gasteiger partial charge in [-0.25, -0.2) is 0 Å². The summed E-state index contributed by atoms with van der Waals surface area (Å²) in [6, 6.07) is 0. The molecule has 0 aromatic carbocycles. The van der Waals surface area contributed by atoms with Gasteiger partial charge in [0.25, 0.3) is 0 Å². The minimum absolute atomic E-state index is 0. The fourth-order valence-corrected chi connectivity index (χ4v) is 0.891.